The number of rotatable bonds is 5. The molecule has 5 nitrogen and oxygen atoms in total. The van der Waals surface area contributed by atoms with Gasteiger partial charge in [-0.3, -0.25) is 0 Å². The minimum absolute atomic E-state index is 0.0664. The fraction of sp³-hybridized carbons (Fsp3) is 0.350. The fourth-order valence-corrected chi connectivity index (χ4v) is 3.35. The molecule has 2 aromatic rings. The van der Waals surface area contributed by atoms with Crippen LogP contribution in [-0.2, 0) is 27.5 Å². The number of aryl methyl sites for hydroxylation is 3. The predicted octanol–water partition coefficient (Wildman–Crippen LogP) is 4.25. The summed E-state index contributed by atoms with van der Waals surface area (Å²) < 4.78 is 21.7. The second-order valence-corrected chi connectivity index (χ2v) is 6.78. The maximum atomic E-state index is 12.1. The Morgan fingerprint density at radius 3 is 2.62 bits per heavy atom. The highest BCUT2D eigenvalue weighted by Gasteiger charge is 2.18. The number of benzene rings is 2. The average molecular weight is 377 g/mol. The molecule has 0 atom stereocenters. The average Bonchev–Trinajstić information content (AvgIpc) is 2.58. The Hall–Kier alpha value is -2.24. The van der Waals surface area contributed by atoms with E-state index in [0.29, 0.717) is 28.7 Å². The van der Waals surface area contributed by atoms with Crippen LogP contribution in [0.3, 0.4) is 0 Å². The van der Waals surface area contributed by atoms with Gasteiger partial charge in [-0.2, -0.15) is 0 Å². The highest BCUT2D eigenvalue weighted by Crippen LogP contribution is 2.32. The Morgan fingerprint density at radius 1 is 1.15 bits per heavy atom. The van der Waals surface area contributed by atoms with Gasteiger partial charge in [-0.25, -0.2) is 4.79 Å². The summed E-state index contributed by atoms with van der Waals surface area (Å²) >= 11 is 6.11. The molecule has 0 bridgehead atoms. The zero-order valence-electron chi connectivity index (χ0n) is 15.1. The van der Waals surface area contributed by atoms with Gasteiger partial charge in [0.05, 0.1) is 6.61 Å². The number of halogens is 1. The highest BCUT2D eigenvalue weighted by molar-refractivity contribution is 6.30. The molecule has 1 aliphatic rings. The van der Waals surface area contributed by atoms with Crippen LogP contribution in [0.1, 0.15) is 27.8 Å². The van der Waals surface area contributed by atoms with Crippen molar-refractivity contribution in [2.75, 3.05) is 13.4 Å². The molecule has 0 fully saturated rings. The summed E-state index contributed by atoms with van der Waals surface area (Å²) in [6.07, 6.45) is 0. The molecule has 26 heavy (non-hydrogen) atoms. The summed E-state index contributed by atoms with van der Waals surface area (Å²) in [7, 11) is 0. The van der Waals surface area contributed by atoms with Crippen LogP contribution in [-0.4, -0.2) is 19.4 Å². The first-order chi connectivity index (χ1) is 12.4. The normalized spacial score (nSPS) is 12.9. The Balaban J connectivity index is 1.61. The van der Waals surface area contributed by atoms with Gasteiger partial charge in [0.25, 0.3) is 0 Å². The summed E-state index contributed by atoms with van der Waals surface area (Å²) in [4.78, 5) is 12.1. The number of carbonyl (C=O) groups is 1. The van der Waals surface area contributed by atoms with Crippen molar-refractivity contribution in [3.8, 4) is 11.5 Å². The van der Waals surface area contributed by atoms with Crippen LogP contribution in [0.15, 0.2) is 24.3 Å². The van der Waals surface area contributed by atoms with Crippen molar-refractivity contribution in [3.05, 3.63) is 57.1 Å². The molecule has 0 saturated carbocycles. The first-order valence-electron chi connectivity index (χ1n) is 8.32. The van der Waals surface area contributed by atoms with Crippen LogP contribution in [0.2, 0.25) is 5.02 Å². The van der Waals surface area contributed by atoms with Crippen molar-refractivity contribution >= 4 is 17.6 Å². The number of fused-ring (bicyclic) bond motifs is 1. The van der Waals surface area contributed by atoms with E-state index in [9.17, 15) is 4.79 Å². The molecule has 3 rings (SSSR count). The van der Waals surface area contributed by atoms with Crippen LogP contribution in [0, 0.1) is 20.8 Å². The molecule has 0 amide bonds. The smallest absolute Gasteiger partial charge is 0.344 e. The number of carbonyl (C=O) groups excluding carboxylic acids is 1. The Bertz CT molecular complexity index is 808. The summed E-state index contributed by atoms with van der Waals surface area (Å²) in [6, 6.07) is 7.55. The fourth-order valence-electron chi connectivity index (χ4n) is 3.09. The molecule has 0 aliphatic carbocycles. The molecule has 0 saturated heterocycles. The van der Waals surface area contributed by atoms with Gasteiger partial charge < -0.3 is 18.9 Å². The van der Waals surface area contributed by atoms with Crippen molar-refractivity contribution in [2.45, 2.75) is 34.0 Å². The third kappa shape index (κ3) is 4.29. The van der Waals surface area contributed by atoms with Crippen LogP contribution in [0.25, 0.3) is 0 Å². The Labute approximate surface area is 157 Å². The lowest BCUT2D eigenvalue weighted by molar-refractivity contribution is -0.147. The van der Waals surface area contributed by atoms with Gasteiger partial charge in [-0.1, -0.05) is 29.3 Å². The molecule has 0 radical (unpaired) electrons. The molecule has 0 unspecified atom stereocenters. The topological polar surface area (TPSA) is 54.0 Å². The van der Waals surface area contributed by atoms with E-state index < -0.39 is 5.97 Å². The highest BCUT2D eigenvalue weighted by atomic mass is 35.5. The maximum Gasteiger partial charge on any atom is 0.344 e. The van der Waals surface area contributed by atoms with Gasteiger partial charge in [0.15, 0.2) is 13.4 Å². The van der Waals surface area contributed by atoms with Crippen LogP contribution in [0.5, 0.6) is 11.5 Å². The van der Waals surface area contributed by atoms with Crippen molar-refractivity contribution < 1.29 is 23.7 Å². The van der Waals surface area contributed by atoms with Crippen molar-refractivity contribution in [2.24, 2.45) is 0 Å². The molecule has 0 spiro atoms. The molecule has 1 aliphatic heterocycles. The lowest BCUT2D eigenvalue weighted by Gasteiger charge is -2.21. The molecular weight excluding hydrogens is 356 g/mol. The van der Waals surface area contributed by atoms with Crippen LogP contribution in [0.4, 0.5) is 0 Å². The van der Waals surface area contributed by atoms with Crippen molar-refractivity contribution in [3.63, 3.8) is 0 Å². The standard InChI is InChI=1S/C20H21ClO5/c1-12-4-13(2)19(14(3)5-12)25-10-18(22)24-9-16-7-17(21)6-15-8-23-11-26-20(15)16/h4-7H,8-11H2,1-3H3. The van der Waals surface area contributed by atoms with Crippen molar-refractivity contribution in [1.29, 1.82) is 0 Å². The number of ether oxygens (including phenoxy) is 4. The Kier molecular flexibility index (Phi) is 5.69. The zero-order chi connectivity index (χ0) is 18.7. The second-order valence-electron chi connectivity index (χ2n) is 6.34. The van der Waals surface area contributed by atoms with Crippen LogP contribution >= 0.6 is 11.6 Å². The van der Waals surface area contributed by atoms with E-state index in [1.807, 2.05) is 32.9 Å². The molecule has 138 valence electrons. The van der Waals surface area contributed by atoms with E-state index in [1.54, 1.807) is 12.1 Å². The van der Waals surface area contributed by atoms with Crippen molar-refractivity contribution in [1.82, 2.24) is 0 Å². The minimum Gasteiger partial charge on any atom is -0.481 e. The van der Waals surface area contributed by atoms with E-state index in [0.717, 1.165) is 22.3 Å². The molecule has 1 heterocycles. The lowest BCUT2D eigenvalue weighted by Crippen LogP contribution is -2.17. The summed E-state index contributed by atoms with van der Waals surface area (Å²) in [5.41, 5.74) is 4.70. The Morgan fingerprint density at radius 2 is 1.88 bits per heavy atom. The summed E-state index contributed by atoms with van der Waals surface area (Å²) in [6.45, 7) is 6.44. The van der Waals surface area contributed by atoms with E-state index in [2.05, 4.69) is 0 Å². The third-order valence-electron chi connectivity index (χ3n) is 4.08. The summed E-state index contributed by atoms with van der Waals surface area (Å²) in [5, 5.41) is 0.547. The van der Waals surface area contributed by atoms with E-state index in [-0.39, 0.29) is 20.0 Å². The monoisotopic (exact) mass is 376 g/mol. The zero-order valence-corrected chi connectivity index (χ0v) is 15.8. The quantitative estimate of drug-likeness (QED) is 0.730. The first-order valence-corrected chi connectivity index (χ1v) is 8.70. The van der Waals surface area contributed by atoms with Gasteiger partial charge >= 0.3 is 5.97 Å². The molecule has 6 heteroatoms. The van der Waals surface area contributed by atoms with Gasteiger partial charge in [0, 0.05) is 16.1 Å². The molecule has 2 aromatic carbocycles. The van der Waals surface area contributed by atoms with Gasteiger partial charge in [-0.05, 0) is 44.0 Å². The first kappa shape index (κ1) is 18.5. The molecular formula is C20H21ClO5. The third-order valence-corrected chi connectivity index (χ3v) is 4.30. The van der Waals surface area contributed by atoms with Gasteiger partial charge in [-0.15, -0.1) is 0 Å². The summed E-state index contributed by atoms with van der Waals surface area (Å²) in [5.74, 6) is 0.929. The maximum absolute atomic E-state index is 12.1. The lowest BCUT2D eigenvalue weighted by atomic mass is 10.1. The second kappa shape index (κ2) is 7.98. The largest absolute Gasteiger partial charge is 0.481 e. The van der Waals surface area contributed by atoms with Crippen LogP contribution < -0.4 is 9.47 Å². The molecule has 0 N–H and O–H groups in total. The number of hydrogen-bond donors (Lipinski definition) is 0. The predicted molar refractivity (Wildman–Crippen MR) is 97.7 cm³/mol. The SMILES string of the molecule is Cc1cc(C)c(OCC(=O)OCc2cc(Cl)cc3c2OCOC3)c(C)c1. The minimum atomic E-state index is -0.454. The van der Waals surface area contributed by atoms with Gasteiger partial charge in [0.1, 0.15) is 18.1 Å². The molecule has 0 aromatic heterocycles. The van der Waals surface area contributed by atoms with E-state index in [4.69, 9.17) is 30.5 Å². The number of hydrogen-bond acceptors (Lipinski definition) is 5. The van der Waals surface area contributed by atoms with E-state index in [1.165, 1.54) is 0 Å². The van der Waals surface area contributed by atoms with Gasteiger partial charge in [0.2, 0.25) is 0 Å². The number of esters is 1. The van der Waals surface area contributed by atoms with E-state index >= 15 is 0 Å².